The average molecular weight is 625 g/mol. The molecule has 8 atom stereocenters. The van der Waals surface area contributed by atoms with Crippen molar-refractivity contribution in [3.63, 3.8) is 0 Å². The number of hydrogen-bond donors (Lipinski definition) is 4. The van der Waals surface area contributed by atoms with E-state index in [1.807, 2.05) is 24.3 Å². The third kappa shape index (κ3) is 42.9. The van der Waals surface area contributed by atoms with Crippen LogP contribution in [0.4, 0.5) is 0 Å². The second kappa shape index (κ2) is 31.8. The molecule has 0 radical (unpaired) electrons. The standard InChI is InChI=1S/4C10H20O/c4*1-5-9(4)7-10(11)6-8(2)3/h4*5,8-11H,1,6-7H2,2-4H3/t2*9-,10+;2*9-,10-/m1010/s1. The molecule has 0 spiro atoms. The first-order chi connectivity index (χ1) is 20.2. The van der Waals surface area contributed by atoms with Crippen molar-refractivity contribution in [1.82, 2.24) is 0 Å². The molecule has 4 heteroatoms. The summed E-state index contributed by atoms with van der Waals surface area (Å²) in [5.74, 6) is 4.08. The Bertz CT molecular complexity index is 542. The molecule has 0 fully saturated rings. The maximum Gasteiger partial charge on any atom is 0.0548 e. The Morgan fingerprint density at radius 2 is 0.455 bits per heavy atom. The second-order valence-corrected chi connectivity index (χ2v) is 14.9. The summed E-state index contributed by atoms with van der Waals surface area (Å²) >= 11 is 0. The third-order valence-corrected chi connectivity index (χ3v) is 7.16. The highest BCUT2D eigenvalue weighted by Crippen LogP contribution is 2.16. The zero-order valence-corrected chi connectivity index (χ0v) is 31.5. The lowest BCUT2D eigenvalue weighted by Gasteiger charge is -2.14. The lowest BCUT2D eigenvalue weighted by Crippen LogP contribution is -2.13. The van der Waals surface area contributed by atoms with Crippen LogP contribution in [0.15, 0.2) is 50.6 Å². The monoisotopic (exact) mass is 625 g/mol. The predicted molar refractivity (Wildman–Crippen MR) is 198 cm³/mol. The molecule has 0 heterocycles. The van der Waals surface area contributed by atoms with E-state index in [0.717, 1.165) is 51.4 Å². The van der Waals surface area contributed by atoms with Gasteiger partial charge >= 0.3 is 0 Å². The summed E-state index contributed by atoms with van der Waals surface area (Å²) in [6.07, 6.45) is 14.0. The van der Waals surface area contributed by atoms with E-state index in [1.165, 1.54) is 0 Å². The maximum atomic E-state index is 9.47. The Labute approximate surface area is 276 Å². The van der Waals surface area contributed by atoms with Gasteiger partial charge in [0.25, 0.3) is 0 Å². The van der Waals surface area contributed by atoms with Crippen molar-refractivity contribution in [3.8, 4) is 0 Å². The van der Waals surface area contributed by atoms with Crippen molar-refractivity contribution in [2.24, 2.45) is 47.3 Å². The topological polar surface area (TPSA) is 80.9 Å². The van der Waals surface area contributed by atoms with E-state index in [1.54, 1.807) is 0 Å². The fourth-order valence-corrected chi connectivity index (χ4v) is 4.66. The lowest BCUT2D eigenvalue weighted by atomic mass is 9.97. The van der Waals surface area contributed by atoms with Crippen molar-refractivity contribution < 1.29 is 20.4 Å². The first-order valence-electron chi connectivity index (χ1n) is 17.5. The summed E-state index contributed by atoms with van der Waals surface area (Å²) in [4.78, 5) is 0. The van der Waals surface area contributed by atoms with Gasteiger partial charge in [0, 0.05) is 0 Å². The van der Waals surface area contributed by atoms with Crippen LogP contribution >= 0.6 is 0 Å². The highest BCUT2D eigenvalue weighted by molar-refractivity contribution is 4.79. The summed E-state index contributed by atoms with van der Waals surface area (Å²) in [6, 6.07) is 0. The van der Waals surface area contributed by atoms with Gasteiger partial charge in [0.15, 0.2) is 0 Å². The van der Waals surface area contributed by atoms with E-state index in [-0.39, 0.29) is 24.4 Å². The molecule has 4 nitrogen and oxygen atoms in total. The van der Waals surface area contributed by atoms with E-state index in [4.69, 9.17) is 0 Å². The van der Waals surface area contributed by atoms with Gasteiger partial charge in [0.05, 0.1) is 24.4 Å². The minimum Gasteiger partial charge on any atom is -0.393 e. The number of allylic oxidation sites excluding steroid dienone is 4. The van der Waals surface area contributed by atoms with Crippen LogP contribution in [-0.2, 0) is 0 Å². The highest BCUT2D eigenvalue weighted by Gasteiger charge is 2.11. The van der Waals surface area contributed by atoms with E-state index in [9.17, 15) is 20.4 Å². The molecule has 0 aliphatic heterocycles. The Kier molecular flexibility index (Phi) is 35.9. The molecule has 0 aliphatic rings. The number of aliphatic hydroxyl groups is 4. The predicted octanol–water partition coefficient (Wildman–Crippen LogP) is 10.4. The largest absolute Gasteiger partial charge is 0.393 e. The maximum absolute atomic E-state index is 9.47. The molecule has 44 heavy (non-hydrogen) atoms. The van der Waals surface area contributed by atoms with Crippen LogP contribution in [0, 0.1) is 47.3 Å². The van der Waals surface area contributed by atoms with E-state index in [2.05, 4.69) is 109 Å². The second-order valence-electron chi connectivity index (χ2n) is 14.9. The van der Waals surface area contributed by atoms with E-state index >= 15 is 0 Å². The van der Waals surface area contributed by atoms with Crippen LogP contribution in [-0.4, -0.2) is 44.8 Å². The first-order valence-corrected chi connectivity index (χ1v) is 17.5. The summed E-state index contributed by atoms with van der Waals surface area (Å²) < 4.78 is 0. The molecule has 0 aromatic carbocycles. The average Bonchev–Trinajstić information content (AvgIpc) is 2.87. The zero-order chi connectivity index (χ0) is 35.4. The highest BCUT2D eigenvalue weighted by atomic mass is 16.3. The minimum atomic E-state index is -0.150. The molecule has 0 saturated carbocycles. The lowest BCUT2D eigenvalue weighted by molar-refractivity contribution is 0.129. The molecular weight excluding hydrogens is 544 g/mol. The molecule has 0 unspecified atom stereocenters. The first kappa shape index (κ1) is 49.7. The van der Waals surface area contributed by atoms with Crippen molar-refractivity contribution in [2.45, 2.75) is 159 Å². The summed E-state index contributed by atoms with van der Waals surface area (Å²) in [7, 11) is 0. The normalized spacial score (nSPS) is 16.5. The van der Waals surface area contributed by atoms with E-state index < -0.39 is 0 Å². The van der Waals surface area contributed by atoms with Gasteiger partial charge in [-0.1, -0.05) is 107 Å². The van der Waals surface area contributed by atoms with Gasteiger partial charge in [-0.05, 0) is 98.7 Å². The van der Waals surface area contributed by atoms with Gasteiger partial charge in [0.2, 0.25) is 0 Å². The fourth-order valence-electron chi connectivity index (χ4n) is 4.66. The molecule has 4 N–H and O–H groups in total. The Morgan fingerprint density at radius 1 is 0.318 bits per heavy atom. The van der Waals surface area contributed by atoms with Crippen LogP contribution in [0.1, 0.15) is 134 Å². The molecule has 0 aromatic heterocycles. The number of hydrogen-bond acceptors (Lipinski definition) is 4. The van der Waals surface area contributed by atoms with Crippen molar-refractivity contribution in [1.29, 1.82) is 0 Å². The van der Waals surface area contributed by atoms with Gasteiger partial charge in [-0.25, -0.2) is 0 Å². The van der Waals surface area contributed by atoms with Crippen LogP contribution in [0.5, 0.6) is 0 Å². The quantitative estimate of drug-likeness (QED) is 0.102. The van der Waals surface area contributed by atoms with Gasteiger partial charge in [-0.2, -0.15) is 0 Å². The summed E-state index contributed by atoms with van der Waals surface area (Å²) in [6.45, 7) is 40.1. The number of rotatable bonds is 20. The van der Waals surface area contributed by atoms with Crippen LogP contribution in [0.25, 0.3) is 0 Å². The molecule has 0 amide bonds. The van der Waals surface area contributed by atoms with Crippen molar-refractivity contribution in [3.05, 3.63) is 50.6 Å². The van der Waals surface area contributed by atoms with Crippen LogP contribution in [0.2, 0.25) is 0 Å². The van der Waals surface area contributed by atoms with Crippen molar-refractivity contribution >= 4 is 0 Å². The molecule has 0 saturated heterocycles. The van der Waals surface area contributed by atoms with Gasteiger partial charge in [-0.15, -0.1) is 26.3 Å². The number of aliphatic hydroxyl groups excluding tert-OH is 4. The summed E-state index contributed by atoms with van der Waals surface area (Å²) in [5.41, 5.74) is 0. The molecule has 0 bridgehead atoms. The smallest absolute Gasteiger partial charge is 0.0548 e. The molecular formula is C40H80O4. The van der Waals surface area contributed by atoms with Crippen molar-refractivity contribution in [2.75, 3.05) is 0 Å². The van der Waals surface area contributed by atoms with Gasteiger partial charge in [-0.3, -0.25) is 0 Å². The summed E-state index contributed by atoms with van der Waals surface area (Å²) in [5, 5.41) is 37.9. The fraction of sp³-hybridized carbons (Fsp3) is 0.800. The van der Waals surface area contributed by atoms with Gasteiger partial charge in [0.1, 0.15) is 0 Å². The van der Waals surface area contributed by atoms with Crippen LogP contribution < -0.4 is 0 Å². The van der Waals surface area contributed by atoms with Gasteiger partial charge < -0.3 is 20.4 Å². The Balaban J connectivity index is -0.000000242. The molecule has 0 aromatic rings. The minimum absolute atomic E-state index is 0.150. The zero-order valence-electron chi connectivity index (χ0n) is 31.5. The Morgan fingerprint density at radius 3 is 0.545 bits per heavy atom. The molecule has 0 rings (SSSR count). The van der Waals surface area contributed by atoms with Crippen LogP contribution in [0.3, 0.4) is 0 Å². The Hall–Kier alpha value is -1.20. The molecule has 264 valence electrons. The van der Waals surface area contributed by atoms with E-state index in [0.29, 0.717) is 47.3 Å². The molecule has 0 aliphatic carbocycles. The SMILES string of the molecule is C=C[C@@H](C)C[C@@H](O)CC(C)C.C=C[C@@H](C)C[C@H](O)CC(C)C.C=C[C@H](C)C[C@@H](O)CC(C)C.C=C[C@H](C)C[C@H](O)CC(C)C. The third-order valence-electron chi connectivity index (χ3n) is 7.16.